The molecule has 6 rings (SSSR count). The molecule has 0 N–H and O–H groups in total. The molecule has 2 heterocycles. The average Bonchev–Trinajstić information content (AvgIpc) is 3.28. The third kappa shape index (κ3) is 4.26. The maximum Gasteiger partial charge on any atom is 0.210 e. The third-order valence-corrected chi connectivity index (χ3v) is 10.4. The number of nitrogens with zero attached hydrogens (tertiary/aromatic N) is 2. The van der Waals surface area contributed by atoms with Crippen molar-refractivity contribution >= 4 is 45.5 Å². The van der Waals surface area contributed by atoms with Crippen molar-refractivity contribution in [3.63, 3.8) is 0 Å². The number of anilines is 1. The van der Waals surface area contributed by atoms with Crippen LogP contribution in [0.4, 0.5) is 11.4 Å². The molecule has 42 heavy (non-hydrogen) atoms. The van der Waals surface area contributed by atoms with Crippen LogP contribution in [0.1, 0.15) is 69.2 Å². The zero-order valence-electron chi connectivity index (χ0n) is 26.1. The molecule has 0 saturated heterocycles. The number of hydrogen-bond donors (Lipinski definition) is 0. The molecule has 2 nitrogen and oxygen atoms in total. The largest absolute Gasteiger partial charge is 0.347 e. The van der Waals surface area contributed by atoms with Crippen LogP contribution in [-0.4, -0.2) is 24.4 Å². The molecule has 3 aliphatic rings. The lowest BCUT2D eigenvalue weighted by molar-refractivity contribution is -0.401. The van der Waals surface area contributed by atoms with Gasteiger partial charge >= 0.3 is 0 Å². The van der Waals surface area contributed by atoms with Gasteiger partial charge in [0.05, 0.1) is 5.41 Å². The molecule has 0 atom stereocenters. The topological polar surface area (TPSA) is 6.25 Å². The van der Waals surface area contributed by atoms with Gasteiger partial charge in [-0.1, -0.05) is 80.6 Å². The SMILES string of the molecule is C=Cc1c(C)ccc2c1C(C)(C)/C(=C\C=C1/CCCC(/C=C/C3=[N+](C)c4ccc5ccccc5c4C3(C)C)=C1Cl)N2C. The normalized spacial score (nSPS) is 21.3. The second kappa shape index (κ2) is 10.3. The smallest absolute Gasteiger partial charge is 0.210 e. The first-order chi connectivity index (χ1) is 20.0. The highest BCUT2D eigenvalue weighted by molar-refractivity contribution is 6.32. The van der Waals surface area contributed by atoms with Crippen LogP contribution in [0, 0.1) is 6.92 Å². The summed E-state index contributed by atoms with van der Waals surface area (Å²) < 4.78 is 2.35. The summed E-state index contributed by atoms with van der Waals surface area (Å²) >= 11 is 7.14. The predicted octanol–water partition coefficient (Wildman–Crippen LogP) is 10.3. The highest BCUT2D eigenvalue weighted by Crippen LogP contribution is 2.50. The molecule has 0 amide bonds. The molecule has 0 saturated carbocycles. The molecule has 3 aromatic carbocycles. The molecule has 0 unspecified atom stereocenters. The quantitative estimate of drug-likeness (QED) is 0.281. The van der Waals surface area contributed by atoms with Crippen molar-refractivity contribution in [1.82, 2.24) is 0 Å². The molecule has 1 aliphatic carbocycles. The third-order valence-electron chi connectivity index (χ3n) is 9.87. The van der Waals surface area contributed by atoms with Crippen LogP contribution in [0.5, 0.6) is 0 Å². The van der Waals surface area contributed by atoms with Crippen LogP contribution in [-0.2, 0) is 10.8 Å². The Kier molecular flexibility index (Phi) is 6.97. The van der Waals surface area contributed by atoms with E-state index < -0.39 is 0 Å². The Bertz CT molecular complexity index is 1810. The second-order valence-electron chi connectivity index (χ2n) is 13.1. The summed E-state index contributed by atoms with van der Waals surface area (Å²) in [4.78, 5) is 2.33. The molecule has 3 aromatic rings. The highest BCUT2D eigenvalue weighted by Gasteiger charge is 2.44. The number of benzene rings is 3. The maximum absolute atomic E-state index is 7.14. The van der Waals surface area contributed by atoms with Gasteiger partial charge in [-0.25, -0.2) is 0 Å². The Morgan fingerprint density at radius 1 is 0.905 bits per heavy atom. The zero-order chi connectivity index (χ0) is 30.0. The minimum atomic E-state index is -0.126. The van der Waals surface area contributed by atoms with E-state index in [1.165, 1.54) is 67.0 Å². The van der Waals surface area contributed by atoms with Gasteiger partial charge < -0.3 is 4.90 Å². The Labute approximate surface area is 256 Å². The minimum Gasteiger partial charge on any atom is -0.347 e. The average molecular weight is 574 g/mol. The van der Waals surface area contributed by atoms with Crippen LogP contribution in [0.2, 0.25) is 0 Å². The molecule has 3 heteroatoms. The van der Waals surface area contributed by atoms with Gasteiger partial charge in [0, 0.05) is 46.6 Å². The van der Waals surface area contributed by atoms with E-state index in [9.17, 15) is 0 Å². The summed E-state index contributed by atoms with van der Waals surface area (Å²) in [6.45, 7) is 15.6. The van der Waals surface area contributed by atoms with E-state index in [2.05, 4.69) is 138 Å². The summed E-state index contributed by atoms with van der Waals surface area (Å²) in [5.41, 5.74) is 12.6. The molecule has 0 bridgehead atoms. The molecule has 214 valence electrons. The van der Waals surface area contributed by atoms with Crippen LogP contribution in [0.3, 0.4) is 0 Å². The summed E-state index contributed by atoms with van der Waals surface area (Å²) in [5, 5.41) is 3.52. The van der Waals surface area contributed by atoms with Gasteiger partial charge in [-0.05, 0) is 96.9 Å². The maximum atomic E-state index is 7.14. The molecule has 0 spiro atoms. The lowest BCUT2D eigenvalue weighted by Gasteiger charge is -2.25. The zero-order valence-corrected chi connectivity index (χ0v) is 26.9. The fourth-order valence-electron chi connectivity index (χ4n) is 7.67. The van der Waals surface area contributed by atoms with Crippen LogP contribution < -0.4 is 4.90 Å². The van der Waals surface area contributed by atoms with Crippen LogP contribution >= 0.6 is 11.6 Å². The van der Waals surface area contributed by atoms with Gasteiger partial charge in [-0.3, -0.25) is 0 Å². The summed E-state index contributed by atoms with van der Waals surface area (Å²) in [6, 6.07) is 17.7. The van der Waals surface area contributed by atoms with Gasteiger partial charge in [0.25, 0.3) is 0 Å². The molecular weight excluding hydrogens is 532 g/mol. The van der Waals surface area contributed by atoms with Crippen molar-refractivity contribution in [3.8, 4) is 0 Å². The number of aryl methyl sites for hydroxylation is 1. The van der Waals surface area contributed by atoms with Crippen molar-refractivity contribution in [1.29, 1.82) is 0 Å². The van der Waals surface area contributed by atoms with Crippen molar-refractivity contribution in [2.24, 2.45) is 0 Å². The Morgan fingerprint density at radius 2 is 1.67 bits per heavy atom. The number of fused-ring (bicyclic) bond motifs is 4. The Morgan fingerprint density at radius 3 is 2.43 bits per heavy atom. The van der Waals surface area contributed by atoms with E-state index in [-0.39, 0.29) is 10.8 Å². The van der Waals surface area contributed by atoms with Crippen LogP contribution in [0.15, 0.2) is 101 Å². The lowest BCUT2D eigenvalue weighted by Crippen LogP contribution is -2.27. The van der Waals surface area contributed by atoms with E-state index >= 15 is 0 Å². The first kappa shape index (κ1) is 28.5. The van der Waals surface area contributed by atoms with Crippen molar-refractivity contribution in [3.05, 3.63) is 124 Å². The van der Waals surface area contributed by atoms with E-state index in [0.717, 1.165) is 24.3 Å². The number of allylic oxidation sites excluding steroid dienone is 8. The van der Waals surface area contributed by atoms with Gasteiger partial charge in [-0.2, -0.15) is 4.58 Å². The minimum absolute atomic E-state index is 0.109. The lowest BCUT2D eigenvalue weighted by atomic mass is 9.78. The second-order valence-corrected chi connectivity index (χ2v) is 13.5. The van der Waals surface area contributed by atoms with E-state index in [0.29, 0.717) is 0 Å². The number of likely N-dealkylation sites (N-methyl/N-ethyl adjacent to an activating group) is 1. The Hall–Kier alpha value is -3.62. The van der Waals surface area contributed by atoms with Crippen molar-refractivity contribution < 1.29 is 4.58 Å². The molecule has 0 fully saturated rings. The fourth-order valence-corrected chi connectivity index (χ4v) is 7.98. The predicted molar refractivity (Wildman–Crippen MR) is 183 cm³/mol. The van der Waals surface area contributed by atoms with E-state index in [1.54, 1.807) is 0 Å². The standard InChI is InChI=1S/C39H42ClN2/c1-9-29-25(2)17-21-31-35(29)38(3,4)33(41(31)7)23-19-27-14-12-15-28(37(27)40)20-24-34-39(5,6)36-30-16-11-10-13-26(30)18-22-32(36)42(34)8/h9-11,13,16-24H,1,12,14-15H2,2-8H3/q+1. The van der Waals surface area contributed by atoms with Gasteiger partial charge in [0.1, 0.15) is 7.05 Å². The van der Waals surface area contributed by atoms with Gasteiger partial charge in [0.15, 0.2) is 5.71 Å². The fraction of sp³-hybridized carbons (Fsp3) is 0.308. The van der Waals surface area contributed by atoms with Crippen LogP contribution in [0.25, 0.3) is 16.8 Å². The number of hydrogen-bond acceptors (Lipinski definition) is 1. The number of rotatable bonds is 4. The van der Waals surface area contributed by atoms with Crippen molar-refractivity contribution in [2.75, 3.05) is 19.0 Å². The van der Waals surface area contributed by atoms with Crippen molar-refractivity contribution in [2.45, 2.75) is 64.7 Å². The summed E-state index contributed by atoms with van der Waals surface area (Å²) in [7, 11) is 4.36. The van der Waals surface area contributed by atoms with E-state index in [4.69, 9.17) is 11.6 Å². The first-order valence-electron chi connectivity index (χ1n) is 15.1. The molecular formula is C39H42ClN2+. The molecule has 2 aliphatic heterocycles. The number of halogens is 1. The summed E-state index contributed by atoms with van der Waals surface area (Å²) in [5.74, 6) is 0. The first-order valence-corrected chi connectivity index (χ1v) is 15.5. The molecule has 0 radical (unpaired) electrons. The van der Waals surface area contributed by atoms with Gasteiger partial charge in [0.2, 0.25) is 5.69 Å². The van der Waals surface area contributed by atoms with Gasteiger partial charge in [-0.15, -0.1) is 0 Å². The Balaban J connectivity index is 1.34. The highest BCUT2D eigenvalue weighted by atomic mass is 35.5. The van der Waals surface area contributed by atoms with E-state index in [1.807, 2.05) is 6.08 Å². The summed E-state index contributed by atoms with van der Waals surface area (Å²) in [6.07, 6.45) is 14.2. The monoisotopic (exact) mass is 573 g/mol. The molecule has 0 aromatic heterocycles.